The number of nitrogens with two attached hydrogens (primary N) is 1. The van der Waals surface area contributed by atoms with Gasteiger partial charge in [0, 0.05) is 6.54 Å². The molecule has 1 aliphatic heterocycles. The van der Waals surface area contributed by atoms with Gasteiger partial charge in [0.1, 0.15) is 4.34 Å². The SMILES string of the molecule is NC(CN1CCCC1)c1noc(-c2cc(Cl)sc2Cl)n1. The Morgan fingerprint density at radius 3 is 2.80 bits per heavy atom. The molecule has 0 aromatic carbocycles. The van der Waals surface area contributed by atoms with Gasteiger partial charge in [-0.05, 0) is 32.0 Å². The average Bonchev–Trinajstić information content (AvgIpc) is 3.10. The minimum absolute atomic E-state index is 0.251. The molecule has 3 rings (SSSR count). The van der Waals surface area contributed by atoms with Gasteiger partial charge in [-0.15, -0.1) is 11.3 Å². The summed E-state index contributed by atoms with van der Waals surface area (Å²) in [6, 6.07) is 1.47. The molecule has 0 amide bonds. The predicted molar refractivity (Wildman–Crippen MR) is 80.2 cm³/mol. The van der Waals surface area contributed by atoms with Crippen molar-refractivity contribution in [3.8, 4) is 11.5 Å². The summed E-state index contributed by atoms with van der Waals surface area (Å²) in [6.45, 7) is 2.92. The third kappa shape index (κ3) is 2.99. The molecule has 1 fully saturated rings. The Hall–Kier alpha value is -0.660. The minimum Gasteiger partial charge on any atom is -0.334 e. The van der Waals surface area contributed by atoms with E-state index in [1.807, 2.05) is 0 Å². The van der Waals surface area contributed by atoms with Crippen LogP contribution in [0.3, 0.4) is 0 Å². The van der Waals surface area contributed by atoms with Crippen molar-refractivity contribution < 1.29 is 4.52 Å². The Labute approximate surface area is 130 Å². The molecule has 108 valence electrons. The van der Waals surface area contributed by atoms with Crippen molar-refractivity contribution in [1.29, 1.82) is 0 Å². The summed E-state index contributed by atoms with van der Waals surface area (Å²) in [6.07, 6.45) is 2.46. The summed E-state index contributed by atoms with van der Waals surface area (Å²) in [7, 11) is 0. The first-order chi connectivity index (χ1) is 9.63. The van der Waals surface area contributed by atoms with Crippen LogP contribution >= 0.6 is 34.5 Å². The zero-order valence-electron chi connectivity index (χ0n) is 10.7. The quantitative estimate of drug-likeness (QED) is 0.931. The van der Waals surface area contributed by atoms with E-state index in [0.29, 0.717) is 26.0 Å². The average molecular weight is 333 g/mol. The lowest BCUT2D eigenvalue weighted by Gasteiger charge is -2.17. The van der Waals surface area contributed by atoms with Crippen LogP contribution in [-0.2, 0) is 0 Å². The summed E-state index contributed by atoms with van der Waals surface area (Å²) < 4.78 is 6.36. The zero-order chi connectivity index (χ0) is 14.1. The number of nitrogens with zero attached hydrogens (tertiary/aromatic N) is 3. The standard InChI is InChI=1S/C12H14Cl2N4OS/c13-9-5-7(10(14)20-9)12-16-11(17-19-12)8(15)6-18-3-1-2-4-18/h5,8H,1-4,6,15H2. The second kappa shape index (κ2) is 5.99. The molecule has 5 nitrogen and oxygen atoms in total. The first-order valence-corrected chi connectivity index (χ1v) is 7.97. The Balaban J connectivity index is 1.74. The van der Waals surface area contributed by atoms with Crippen molar-refractivity contribution >= 4 is 34.5 Å². The molecule has 2 N–H and O–H groups in total. The van der Waals surface area contributed by atoms with Crippen LogP contribution in [0, 0.1) is 0 Å². The number of hydrogen-bond donors (Lipinski definition) is 1. The third-order valence-electron chi connectivity index (χ3n) is 3.31. The molecular formula is C12H14Cl2N4OS. The van der Waals surface area contributed by atoms with Gasteiger partial charge in [0.05, 0.1) is 15.9 Å². The third-order valence-corrected chi connectivity index (χ3v) is 4.80. The molecule has 1 aliphatic rings. The molecule has 20 heavy (non-hydrogen) atoms. The van der Waals surface area contributed by atoms with Gasteiger partial charge < -0.3 is 15.2 Å². The fourth-order valence-electron chi connectivity index (χ4n) is 2.31. The van der Waals surface area contributed by atoms with E-state index in [1.165, 1.54) is 24.2 Å². The molecule has 2 aromatic rings. The monoisotopic (exact) mass is 332 g/mol. The van der Waals surface area contributed by atoms with Gasteiger partial charge in [-0.2, -0.15) is 4.98 Å². The van der Waals surface area contributed by atoms with Crippen molar-refractivity contribution in [2.75, 3.05) is 19.6 Å². The van der Waals surface area contributed by atoms with Gasteiger partial charge in [0.2, 0.25) is 0 Å². The summed E-state index contributed by atoms with van der Waals surface area (Å²) in [5.41, 5.74) is 6.79. The van der Waals surface area contributed by atoms with Gasteiger partial charge in [-0.1, -0.05) is 28.4 Å². The highest BCUT2D eigenvalue weighted by Crippen LogP contribution is 2.37. The van der Waals surface area contributed by atoms with Crippen molar-refractivity contribution in [3.63, 3.8) is 0 Å². The summed E-state index contributed by atoms with van der Waals surface area (Å²) in [4.78, 5) is 6.65. The van der Waals surface area contributed by atoms with Crippen LogP contribution in [0.5, 0.6) is 0 Å². The van der Waals surface area contributed by atoms with Crippen molar-refractivity contribution in [1.82, 2.24) is 15.0 Å². The summed E-state index contributed by atoms with van der Waals surface area (Å²) in [5, 5.41) is 3.95. The smallest absolute Gasteiger partial charge is 0.260 e. The van der Waals surface area contributed by atoms with Gasteiger partial charge in [0.25, 0.3) is 5.89 Å². The number of thiophene rings is 1. The first kappa shape index (κ1) is 14.3. The normalized spacial score (nSPS) is 17.8. The van der Waals surface area contributed by atoms with E-state index in [4.69, 9.17) is 33.5 Å². The lowest BCUT2D eigenvalue weighted by atomic mass is 10.2. The molecule has 0 radical (unpaired) electrons. The van der Waals surface area contributed by atoms with Gasteiger partial charge >= 0.3 is 0 Å². The summed E-state index contributed by atoms with van der Waals surface area (Å²) in [5.74, 6) is 0.871. The predicted octanol–water partition coefficient (Wildman–Crippen LogP) is 3.20. The topological polar surface area (TPSA) is 68.2 Å². The molecular weight excluding hydrogens is 319 g/mol. The lowest BCUT2D eigenvalue weighted by molar-refractivity contribution is 0.306. The fraction of sp³-hybridized carbons (Fsp3) is 0.500. The van der Waals surface area contributed by atoms with E-state index in [2.05, 4.69) is 15.0 Å². The maximum Gasteiger partial charge on any atom is 0.260 e. The zero-order valence-corrected chi connectivity index (χ0v) is 13.0. The largest absolute Gasteiger partial charge is 0.334 e. The van der Waals surface area contributed by atoms with E-state index in [1.54, 1.807) is 6.07 Å². The highest BCUT2D eigenvalue weighted by atomic mass is 35.5. The number of hydrogen-bond acceptors (Lipinski definition) is 6. The lowest BCUT2D eigenvalue weighted by Crippen LogP contribution is -2.30. The maximum absolute atomic E-state index is 6.13. The first-order valence-electron chi connectivity index (χ1n) is 6.40. The molecule has 3 heterocycles. The molecule has 0 bridgehead atoms. The van der Waals surface area contributed by atoms with Crippen LogP contribution in [0.2, 0.25) is 8.67 Å². The molecule has 1 atom stereocenters. The number of rotatable bonds is 4. The molecule has 0 aliphatic carbocycles. The van der Waals surface area contributed by atoms with Crippen molar-refractivity contribution in [2.45, 2.75) is 18.9 Å². The molecule has 1 unspecified atom stereocenters. The number of aromatic nitrogens is 2. The van der Waals surface area contributed by atoms with E-state index in [9.17, 15) is 0 Å². The van der Waals surface area contributed by atoms with E-state index in [0.717, 1.165) is 19.6 Å². The van der Waals surface area contributed by atoms with Crippen LogP contribution in [0.15, 0.2) is 10.6 Å². The highest BCUT2D eigenvalue weighted by Gasteiger charge is 2.22. The maximum atomic E-state index is 6.13. The minimum atomic E-state index is -0.251. The van der Waals surface area contributed by atoms with Gasteiger partial charge in [0.15, 0.2) is 5.82 Å². The van der Waals surface area contributed by atoms with Crippen LogP contribution < -0.4 is 5.73 Å². The van der Waals surface area contributed by atoms with Gasteiger partial charge in [-0.25, -0.2) is 0 Å². The Morgan fingerprint density at radius 1 is 1.40 bits per heavy atom. The molecule has 2 aromatic heterocycles. The van der Waals surface area contributed by atoms with E-state index in [-0.39, 0.29) is 6.04 Å². The van der Waals surface area contributed by atoms with Crippen LogP contribution in [0.4, 0.5) is 0 Å². The second-order valence-electron chi connectivity index (χ2n) is 4.81. The Bertz CT molecular complexity index is 594. The second-order valence-corrected chi connectivity index (χ2v) is 7.10. The van der Waals surface area contributed by atoms with Crippen LogP contribution in [0.25, 0.3) is 11.5 Å². The van der Waals surface area contributed by atoms with E-state index >= 15 is 0 Å². The van der Waals surface area contributed by atoms with E-state index < -0.39 is 0 Å². The van der Waals surface area contributed by atoms with Crippen LogP contribution in [0.1, 0.15) is 24.7 Å². The van der Waals surface area contributed by atoms with Crippen LogP contribution in [-0.4, -0.2) is 34.7 Å². The highest BCUT2D eigenvalue weighted by molar-refractivity contribution is 7.20. The molecule has 0 spiro atoms. The summed E-state index contributed by atoms with van der Waals surface area (Å²) >= 11 is 13.3. The number of likely N-dealkylation sites (tertiary alicyclic amines) is 1. The number of halogens is 2. The Morgan fingerprint density at radius 2 is 2.15 bits per heavy atom. The molecule has 0 saturated carbocycles. The molecule has 8 heteroatoms. The van der Waals surface area contributed by atoms with Gasteiger partial charge in [-0.3, -0.25) is 0 Å². The van der Waals surface area contributed by atoms with Crippen molar-refractivity contribution in [2.24, 2.45) is 5.73 Å². The molecule has 1 saturated heterocycles. The van der Waals surface area contributed by atoms with Crippen molar-refractivity contribution in [3.05, 3.63) is 20.6 Å². The Kier molecular flexibility index (Phi) is 4.28. The fourth-order valence-corrected chi connectivity index (χ4v) is 3.75.